The molecule has 10 nitrogen and oxygen atoms in total. The van der Waals surface area contributed by atoms with Gasteiger partial charge in [-0.25, -0.2) is 14.6 Å². The first-order valence-corrected chi connectivity index (χ1v) is 5.98. The highest BCUT2D eigenvalue weighted by atomic mass is 16.2. The van der Waals surface area contributed by atoms with E-state index in [4.69, 9.17) is 5.73 Å². The number of hydrogen-bond acceptors (Lipinski definition) is 5. The number of aryl methyl sites for hydroxylation is 1. The van der Waals surface area contributed by atoms with Gasteiger partial charge in [0.25, 0.3) is 11.5 Å². The molecule has 2 aromatic heterocycles. The molecule has 0 fully saturated rings. The smallest absolute Gasteiger partial charge is 0.332 e. The van der Waals surface area contributed by atoms with Crippen molar-refractivity contribution in [1.29, 1.82) is 0 Å². The highest BCUT2D eigenvalue weighted by Crippen LogP contribution is 2.13. The summed E-state index contributed by atoms with van der Waals surface area (Å²) in [6.07, 6.45) is 1.26. The minimum atomic E-state index is -0.989. The first-order valence-electron chi connectivity index (χ1n) is 5.98. The molecule has 0 aliphatic rings. The zero-order valence-corrected chi connectivity index (χ0v) is 11.7. The lowest BCUT2D eigenvalue weighted by molar-refractivity contribution is -0.122. The summed E-state index contributed by atoms with van der Waals surface area (Å²) in [5.74, 6) is -0.683. The average Bonchev–Trinajstić information content (AvgIpc) is 2.85. The van der Waals surface area contributed by atoms with Gasteiger partial charge in [-0.2, -0.15) is 0 Å². The Hall–Kier alpha value is -2.91. The Balaban J connectivity index is 2.68. The summed E-state index contributed by atoms with van der Waals surface area (Å²) in [5.41, 5.74) is 4.03. The molecule has 21 heavy (non-hydrogen) atoms. The van der Waals surface area contributed by atoms with Crippen molar-refractivity contribution in [2.24, 2.45) is 19.8 Å². The van der Waals surface area contributed by atoms with Crippen LogP contribution in [0.2, 0.25) is 0 Å². The number of carbonyl (C=O) groups excluding carboxylic acids is 2. The van der Waals surface area contributed by atoms with E-state index in [1.807, 2.05) is 5.32 Å². The Morgan fingerprint density at radius 2 is 1.90 bits per heavy atom. The van der Waals surface area contributed by atoms with Crippen LogP contribution in [0.3, 0.4) is 0 Å². The van der Waals surface area contributed by atoms with Crippen LogP contribution in [-0.2, 0) is 18.9 Å². The maximum atomic E-state index is 12.2. The molecule has 0 aliphatic carbocycles. The van der Waals surface area contributed by atoms with Gasteiger partial charge >= 0.3 is 11.7 Å². The molecule has 2 aromatic rings. The fourth-order valence-corrected chi connectivity index (χ4v) is 2.01. The van der Waals surface area contributed by atoms with Crippen molar-refractivity contribution < 1.29 is 9.59 Å². The standard InChI is InChI=1S/C11H14N6O4/c1-5(8(18)14-10(12)20)17-4-13-7-6(17)9(19)16(3)11(21)15(7)2/h4-5H,1-3H3,(H3,12,14,18,20). The van der Waals surface area contributed by atoms with Crippen LogP contribution in [0, 0.1) is 0 Å². The lowest BCUT2D eigenvalue weighted by atomic mass is 10.3. The molecule has 0 aromatic carbocycles. The SMILES string of the molecule is CC(C(=O)NC(N)=O)n1cnc2c1c(=O)n(C)c(=O)n2C. The second-order valence-electron chi connectivity index (χ2n) is 4.56. The number of imidazole rings is 1. The van der Waals surface area contributed by atoms with Crippen molar-refractivity contribution >= 4 is 23.1 Å². The Morgan fingerprint density at radius 3 is 2.48 bits per heavy atom. The number of carbonyl (C=O) groups is 2. The van der Waals surface area contributed by atoms with Crippen molar-refractivity contribution in [3.8, 4) is 0 Å². The monoisotopic (exact) mass is 294 g/mol. The van der Waals surface area contributed by atoms with E-state index in [9.17, 15) is 19.2 Å². The number of fused-ring (bicyclic) bond motifs is 1. The van der Waals surface area contributed by atoms with Crippen LogP contribution in [-0.4, -0.2) is 30.6 Å². The summed E-state index contributed by atoms with van der Waals surface area (Å²) in [7, 11) is 2.80. The zero-order valence-electron chi connectivity index (χ0n) is 11.7. The van der Waals surface area contributed by atoms with Gasteiger partial charge in [-0.3, -0.25) is 24.0 Å². The van der Waals surface area contributed by atoms with Crippen molar-refractivity contribution in [3.63, 3.8) is 0 Å². The summed E-state index contributed by atoms with van der Waals surface area (Å²) in [5, 5.41) is 1.93. The van der Waals surface area contributed by atoms with Crippen LogP contribution in [0.25, 0.3) is 11.2 Å². The molecule has 0 saturated carbocycles. The Labute approximate surface area is 117 Å². The second-order valence-corrected chi connectivity index (χ2v) is 4.56. The van der Waals surface area contributed by atoms with E-state index >= 15 is 0 Å². The van der Waals surface area contributed by atoms with E-state index < -0.39 is 29.2 Å². The molecule has 0 bridgehead atoms. The molecule has 0 aliphatic heterocycles. The maximum Gasteiger partial charge on any atom is 0.332 e. The van der Waals surface area contributed by atoms with Crippen molar-refractivity contribution in [3.05, 3.63) is 27.2 Å². The lowest BCUT2D eigenvalue weighted by Gasteiger charge is -2.13. The number of primary amides is 1. The number of nitrogens with one attached hydrogen (secondary N) is 1. The number of hydrogen-bond donors (Lipinski definition) is 2. The first kappa shape index (κ1) is 14.5. The van der Waals surface area contributed by atoms with Crippen LogP contribution in [0.1, 0.15) is 13.0 Å². The summed E-state index contributed by atoms with van der Waals surface area (Å²) < 4.78 is 3.40. The largest absolute Gasteiger partial charge is 0.351 e. The molecule has 3 amide bonds. The average molecular weight is 294 g/mol. The van der Waals surface area contributed by atoms with Gasteiger partial charge in [-0.05, 0) is 6.92 Å². The third-order valence-electron chi connectivity index (χ3n) is 3.22. The summed E-state index contributed by atoms with van der Waals surface area (Å²) in [6.45, 7) is 1.48. The zero-order chi connectivity index (χ0) is 15.9. The number of aromatic nitrogens is 4. The molecule has 0 spiro atoms. The predicted octanol–water partition coefficient (Wildman–Crippen LogP) is -1.81. The van der Waals surface area contributed by atoms with Crippen LogP contribution in [0.4, 0.5) is 4.79 Å². The summed E-state index contributed by atoms with van der Waals surface area (Å²) in [4.78, 5) is 50.5. The second kappa shape index (κ2) is 4.89. The third kappa shape index (κ3) is 2.20. The fraction of sp³-hybridized carbons (Fsp3) is 0.364. The molecule has 3 N–H and O–H groups in total. The van der Waals surface area contributed by atoms with E-state index in [0.717, 1.165) is 4.57 Å². The van der Waals surface area contributed by atoms with Crippen molar-refractivity contribution in [2.45, 2.75) is 13.0 Å². The minimum absolute atomic E-state index is 0.0896. The number of nitrogens with zero attached hydrogens (tertiary/aromatic N) is 4. The quantitative estimate of drug-likeness (QED) is 0.673. The van der Waals surface area contributed by atoms with E-state index in [1.165, 1.54) is 36.5 Å². The van der Waals surface area contributed by atoms with Crippen molar-refractivity contribution in [1.82, 2.24) is 24.0 Å². The van der Waals surface area contributed by atoms with Gasteiger partial charge in [-0.1, -0.05) is 0 Å². The molecule has 2 heterocycles. The van der Waals surface area contributed by atoms with Gasteiger partial charge in [-0.15, -0.1) is 0 Å². The molecule has 0 radical (unpaired) electrons. The normalized spacial score (nSPS) is 12.3. The molecule has 1 unspecified atom stereocenters. The fourth-order valence-electron chi connectivity index (χ4n) is 2.01. The van der Waals surface area contributed by atoms with E-state index in [1.54, 1.807) is 0 Å². The summed E-state index contributed by atoms with van der Waals surface area (Å²) >= 11 is 0. The molecular weight excluding hydrogens is 280 g/mol. The van der Waals surface area contributed by atoms with Gasteiger partial charge in [0.1, 0.15) is 6.04 Å². The molecule has 112 valence electrons. The van der Waals surface area contributed by atoms with Gasteiger partial charge in [0.15, 0.2) is 11.2 Å². The Morgan fingerprint density at radius 1 is 1.29 bits per heavy atom. The number of rotatable bonds is 2. The van der Waals surface area contributed by atoms with E-state index in [2.05, 4.69) is 4.98 Å². The maximum absolute atomic E-state index is 12.2. The van der Waals surface area contributed by atoms with Crippen LogP contribution < -0.4 is 22.3 Å². The highest BCUT2D eigenvalue weighted by Gasteiger charge is 2.22. The number of urea groups is 1. The molecule has 2 rings (SSSR count). The van der Waals surface area contributed by atoms with Crippen LogP contribution in [0.15, 0.2) is 15.9 Å². The third-order valence-corrected chi connectivity index (χ3v) is 3.22. The summed E-state index contributed by atoms with van der Waals surface area (Å²) in [6, 6.07) is -1.88. The molecule has 1 atom stereocenters. The van der Waals surface area contributed by atoms with Crippen LogP contribution >= 0.6 is 0 Å². The van der Waals surface area contributed by atoms with E-state index in [-0.39, 0.29) is 11.2 Å². The number of imide groups is 1. The molecular formula is C11H14N6O4. The lowest BCUT2D eigenvalue weighted by Crippen LogP contribution is -2.40. The first-order chi connectivity index (χ1) is 9.75. The van der Waals surface area contributed by atoms with Gasteiger partial charge < -0.3 is 10.3 Å². The Kier molecular flexibility index (Phi) is 3.37. The highest BCUT2D eigenvalue weighted by molar-refractivity contribution is 5.95. The number of nitrogens with two attached hydrogens (primary N) is 1. The van der Waals surface area contributed by atoms with Gasteiger partial charge in [0.2, 0.25) is 0 Å². The van der Waals surface area contributed by atoms with Crippen molar-refractivity contribution in [2.75, 3.05) is 0 Å². The van der Waals surface area contributed by atoms with E-state index in [0.29, 0.717) is 0 Å². The van der Waals surface area contributed by atoms with Gasteiger partial charge in [0, 0.05) is 14.1 Å². The molecule has 0 saturated heterocycles. The predicted molar refractivity (Wildman–Crippen MR) is 72.7 cm³/mol. The van der Waals surface area contributed by atoms with Crippen LogP contribution in [0.5, 0.6) is 0 Å². The van der Waals surface area contributed by atoms with Gasteiger partial charge in [0.05, 0.1) is 6.33 Å². The number of amides is 3. The topological polar surface area (TPSA) is 134 Å². The minimum Gasteiger partial charge on any atom is -0.351 e. The molecule has 10 heteroatoms. The Bertz CT molecular complexity index is 858.